The van der Waals surface area contributed by atoms with Crippen molar-refractivity contribution >= 4 is 11.9 Å². The van der Waals surface area contributed by atoms with Crippen LogP contribution in [0.15, 0.2) is 18.2 Å². The van der Waals surface area contributed by atoms with Gasteiger partial charge in [0.2, 0.25) is 0 Å². The zero-order valence-electron chi connectivity index (χ0n) is 10.2. The van der Waals surface area contributed by atoms with Gasteiger partial charge in [0.15, 0.2) is 0 Å². The van der Waals surface area contributed by atoms with E-state index in [1.165, 1.54) is 17.0 Å². The van der Waals surface area contributed by atoms with Crippen molar-refractivity contribution in [1.82, 2.24) is 4.90 Å². The number of hydrogen-bond donors (Lipinski definition) is 2. The van der Waals surface area contributed by atoms with Crippen molar-refractivity contribution in [3.05, 3.63) is 29.6 Å². The topological polar surface area (TPSA) is 77.8 Å². The van der Waals surface area contributed by atoms with Gasteiger partial charge in [0.25, 0.3) is 5.91 Å². The van der Waals surface area contributed by atoms with E-state index in [1.807, 2.05) is 0 Å². The molecule has 0 atom stereocenters. The first-order valence-corrected chi connectivity index (χ1v) is 6.01. The molecular weight excluding hydrogens is 253 g/mol. The molecule has 1 saturated carbocycles. The highest BCUT2D eigenvalue weighted by atomic mass is 19.1. The number of aromatic hydroxyl groups is 1. The van der Waals surface area contributed by atoms with E-state index in [9.17, 15) is 19.1 Å². The maximum Gasteiger partial charge on any atom is 0.305 e. The van der Waals surface area contributed by atoms with Gasteiger partial charge in [0, 0.05) is 12.6 Å². The Kier molecular flexibility index (Phi) is 3.69. The predicted octanol–water partition coefficient (Wildman–Crippen LogP) is 1.61. The van der Waals surface area contributed by atoms with Crippen LogP contribution < -0.4 is 0 Å². The van der Waals surface area contributed by atoms with Crippen molar-refractivity contribution in [1.29, 1.82) is 0 Å². The maximum absolute atomic E-state index is 13.6. The van der Waals surface area contributed by atoms with E-state index in [0.717, 1.165) is 18.9 Å². The van der Waals surface area contributed by atoms with Crippen LogP contribution >= 0.6 is 0 Å². The zero-order valence-corrected chi connectivity index (χ0v) is 10.2. The Balaban J connectivity index is 2.21. The Labute approximate surface area is 109 Å². The van der Waals surface area contributed by atoms with Gasteiger partial charge in [0.05, 0.1) is 6.42 Å². The van der Waals surface area contributed by atoms with E-state index in [2.05, 4.69) is 0 Å². The summed E-state index contributed by atoms with van der Waals surface area (Å²) in [7, 11) is 0. The third kappa shape index (κ3) is 3.01. The second kappa shape index (κ2) is 5.26. The van der Waals surface area contributed by atoms with Crippen LogP contribution in [-0.4, -0.2) is 39.6 Å². The molecule has 1 fully saturated rings. The van der Waals surface area contributed by atoms with Gasteiger partial charge in [-0.15, -0.1) is 0 Å². The Morgan fingerprint density at radius 2 is 2.05 bits per heavy atom. The molecule has 1 aromatic carbocycles. The van der Waals surface area contributed by atoms with Crippen molar-refractivity contribution in [2.75, 3.05) is 6.54 Å². The number of benzene rings is 1. The number of rotatable bonds is 5. The average molecular weight is 267 g/mol. The molecule has 0 bridgehead atoms. The van der Waals surface area contributed by atoms with Crippen molar-refractivity contribution in [2.24, 2.45) is 0 Å². The number of carbonyl (C=O) groups excluding carboxylic acids is 1. The molecule has 5 nitrogen and oxygen atoms in total. The van der Waals surface area contributed by atoms with Crippen LogP contribution in [0.3, 0.4) is 0 Å². The summed E-state index contributed by atoms with van der Waals surface area (Å²) in [6.45, 7) is 0.0204. The molecule has 0 aliphatic heterocycles. The number of nitrogens with zero attached hydrogens (tertiary/aromatic N) is 1. The summed E-state index contributed by atoms with van der Waals surface area (Å²) in [6, 6.07) is 3.58. The smallest absolute Gasteiger partial charge is 0.305 e. The van der Waals surface area contributed by atoms with Crippen LogP contribution in [0.5, 0.6) is 5.75 Å². The lowest BCUT2D eigenvalue weighted by molar-refractivity contribution is -0.137. The molecule has 6 heteroatoms. The van der Waals surface area contributed by atoms with Gasteiger partial charge in [-0.1, -0.05) is 6.07 Å². The van der Waals surface area contributed by atoms with Gasteiger partial charge in [-0.05, 0) is 25.0 Å². The minimum atomic E-state index is -1.02. The summed E-state index contributed by atoms with van der Waals surface area (Å²) in [5.74, 6) is -2.90. The Morgan fingerprint density at radius 1 is 1.37 bits per heavy atom. The van der Waals surface area contributed by atoms with E-state index >= 15 is 0 Å². The van der Waals surface area contributed by atoms with Gasteiger partial charge < -0.3 is 15.1 Å². The first kappa shape index (κ1) is 13.3. The largest absolute Gasteiger partial charge is 0.507 e. The number of hydrogen-bond acceptors (Lipinski definition) is 3. The van der Waals surface area contributed by atoms with Crippen LogP contribution in [0, 0.1) is 5.82 Å². The second-order valence-electron chi connectivity index (χ2n) is 4.51. The molecule has 0 radical (unpaired) electrons. The van der Waals surface area contributed by atoms with Crippen LogP contribution in [-0.2, 0) is 4.79 Å². The monoisotopic (exact) mass is 267 g/mol. The molecule has 19 heavy (non-hydrogen) atoms. The highest BCUT2D eigenvalue weighted by Crippen LogP contribution is 2.31. The second-order valence-corrected chi connectivity index (χ2v) is 4.51. The molecule has 0 unspecified atom stereocenters. The van der Waals surface area contributed by atoms with Gasteiger partial charge >= 0.3 is 5.97 Å². The average Bonchev–Trinajstić information content (AvgIpc) is 3.13. The van der Waals surface area contributed by atoms with Gasteiger partial charge in [-0.25, -0.2) is 4.39 Å². The third-order valence-corrected chi connectivity index (χ3v) is 3.02. The summed E-state index contributed by atoms with van der Waals surface area (Å²) >= 11 is 0. The molecule has 0 saturated heterocycles. The summed E-state index contributed by atoms with van der Waals surface area (Å²) in [6.07, 6.45) is 1.36. The molecule has 0 heterocycles. The minimum Gasteiger partial charge on any atom is -0.507 e. The number of carboxylic acid groups (broad SMARTS) is 1. The van der Waals surface area contributed by atoms with E-state index in [1.54, 1.807) is 0 Å². The van der Waals surface area contributed by atoms with Crippen LogP contribution in [0.4, 0.5) is 4.39 Å². The summed E-state index contributed by atoms with van der Waals surface area (Å²) < 4.78 is 13.6. The first-order valence-electron chi connectivity index (χ1n) is 6.01. The van der Waals surface area contributed by atoms with Crippen LogP contribution in [0.2, 0.25) is 0 Å². The summed E-state index contributed by atoms with van der Waals surface area (Å²) in [5, 5.41) is 18.3. The SMILES string of the molecule is O=C(O)CCN(C(=O)c1c(O)cccc1F)C1CC1. The number of carboxylic acids is 1. The number of aliphatic carboxylic acids is 1. The molecule has 1 aromatic rings. The van der Waals surface area contributed by atoms with Crippen molar-refractivity contribution in [3.63, 3.8) is 0 Å². The number of amides is 1. The number of halogens is 1. The Hall–Kier alpha value is -2.11. The van der Waals surface area contributed by atoms with Crippen LogP contribution in [0.1, 0.15) is 29.6 Å². The highest BCUT2D eigenvalue weighted by molar-refractivity contribution is 5.97. The van der Waals surface area contributed by atoms with E-state index in [0.29, 0.717) is 0 Å². The quantitative estimate of drug-likeness (QED) is 0.849. The molecule has 1 amide bonds. The number of carbonyl (C=O) groups is 2. The summed E-state index contributed by atoms with van der Waals surface area (Å²) in [4.78, 5) is 24.1. The molecular formula is C13H14FNO4. The fraction of sp³-hybridized carbons (Fsp3) is 0.385. The number of phenolic OH excluding ortho intramolecular Hbond substituents is 1. The fourth-order valence-electron chi connectivity index (χ4n) is 1.92. The van der Waals surface area contributed by atoms with Crippen molar-refractivity contribution in [3.8, 4) is 5.75 Å². The maximum atomic E-state index is 13.6. The molecule has 1 aliphatic carbocycles. The first-order chi connectivity index (χ1) is 9.00. The third-order valence-electron chi connectivity index (χ3n) is 3.02. The molecule has 2 rings (SSSR count). The molecule has 0 aromatic heterocycles. The van der Waals surface area contributed by atoms with Crippen molar-refractivity contribution in [2.45, 2.75) is 25.3 Å². The van der Waals surface area contributed by atoms with E-state index in [-0.39, 0.29) is 24.6 Å². The summed E-state index contributed by atoms with van der Waals surface area (Å²) in [5.41, 5.74) is -0.389. The minimum absolute atomic E-state index is 0.0204. The van der Waals surface area contributed by atoms with Gasteiger partial charge in [-0.2, -0.15) is 0 Å². The van der Waals surface area contributed by atoms with E-state index < -0.39 is 23.4 Å². The molecule has 2 N–H and O–H groups in total. The lowest BCUT2D eigenvalue weighted by Crippen LogP contribution is -2.35. The molecule has 1 aliphatic rings. The molecule has 0 spiro atoms. The standard InChI is InChI=1S/C13H14FNO4/c14-9-2-1-3-10(16)12(9)13(19)15(8-4-5-8)7-6-11(17)18/h1-3,8,16H,4-7H2,(H,17,18). The van der Waals surface area contributed by atoms with Crippen LogP contribution in [0.25, 0.3) is 0 Å². The highest BCUT2D eigenvalue weighted by Gasteiger charge is 2.35. The lowest BCUT2D eigenvalue weighted by Gasteiger charge is -2.22. The Bertz CT molecular complexity index is 493. The normalized spacial score (nSPS) is 14.2. The van der Waals surface area contributed by atoms with E-state index in [4.69, 9.17) is 5.11 Å². The van der Waals surface area contributed by atoms with Gasteiger partial charge in [0.1, 0.15) is 17.1 Å². The molecule has 102 valence electrons. The fourth-order valence-corrected chi connectivity index (χ4v) is 1.92. The number of phenols is 1. The zero-order chi connectivity index (χ0) is 14.0. The van der Waals surface area contributed by atoms with Crippen molar-refractivity contribution < 1.29 is 24.2 Å². The van der Waals surface area contributed by atoms with Gasteiger partial charge in [-0.3, -0.25) is 9.59 Å². The Morgan fingerprint density at radius 3 is 2.58 bits per heavy atom. The lowest BCUT2D eigenvalue weighted by atomic mass is 10.1. The predicted molar refractivity (Wildman–Crippen MR) is 64.4 cm³/mol.